The maximum absolute atomic E-state index is 15.3. The van der Waals surface area contributed by atoms with E-state index in [1.807, 2.05) is 25.0 Å². The summed E-state index contributed by atoms with van der Waals surface area (Å²) in [5.74, 6) is -1.50. The van der Waals surface area contributed by atoms with Gasteiger partial charge in [0.2, 0.25) is 17.7 Å². The molecule has 3 aromatic rings. The Kier molecular flexibility index (Phi) is 15.2. The molecule has 0 bridgehead atoms. The number of nitrogens with one attached hydrogen (secondary N) is 3. The number of thioether (sulfide) groups is 1. The van der Waals surface area contributed by atoms with Gasteiger partial charge in [-0.05, 0) is 49.7 Å². The van der Waals surface area contributed by atoms with Gasteiger partial charge in [-0.2, -0.15) is 23.9 Å². The molecule has 1 aliphatic carbocycles. The van der Waals surface area contributed by atoms with Gasteiger partial charge in [0.1, 0.15) is 23.5 Å². The molecule has 1 aliphatic heterocycles. The Labute approximate surface area is 332 Å². The predicted molar refractivity (Wildman–Crippen MR) is 194 cm³/mol. The third kappa shape index (κ3) is 10.4. The molecule has 277 valence electrons. The fourth-order valence-electron chi connectivity index (χ4n) is 6.12. The predicted octanol–water partition coefficient (Wildman–Crippen LogP) is 3.65. The molecule has 2 aliphatic rings. The molecule has 1 radical (unpaired) electrons. The maximum Gasteiger partial charge on any atom is 0.342 e. The van der Waals surface area contributed by atoms with Crippen molar-refractivity contribution in [2.24, 2.45) is 5.92 Å². The molecule has 2 fully saturated rings. The zero-order valence-corrected chi connectivity index (χ0v) is 33.6. The number of pyridine rings is 1. The first-order valence-electron chi connectivity index (χ1n) is 17.2. The molecule has 3 N–H and O–H groups in total. The van der Waals surface area contributed by atoms with Crippen molar-refractivity contribution in [3.05, 3.63) is 69.3 Å². The Balaban J connectivity index is 0.00000605. The number of aromatic nitrogens is 1. The summed E-state index contributed by atoms with van der Waals surface area (Å²) in [6.45, 7) is 7.97. The Morgan fingerprint density at radius 3 is 2.52 bits per heavy atom. The smallest absolute Gasteiger partial charge is 0.342 e. The zero-order chi connectivity index (χ0) is 36.7. The Hall–Kier alpha value is -3.33. The number of carbonyl (C=O) groups is 4. The van der Waals surface area contributed by atoms with Crippen molar-refractivity contribution < 1.29 is 65.8 Å². The molecule has 15 heteroatoms. The van der Waals surface area contributed by atoms with Crippen molar-refractivity contribution in [3.8, 4) is 5.75 Å². The first kappa shape index (κ1) is 41.4. The van der Waals surface area contributed by atoms with Gasteiger partial charge in [0.25, 0.3) is 0 Å². The van der Waals surface area contributed by atoms with Crippen LogP contribution in [-0.4, -0.2) is 79.1 Å². The van der Waals surface area contributed by atoms with Crippen molar-refractivity contribution in [1.82, 2.24) is 20.5 Å². The summed E-state index contributed by atoms with van der Waals surface area (Å²) in [6.07, 6.45) is 6.28. The van der Waals surface area contributed by atoms with E-state index in [1.54, 1.807) is 23.6 Å². The quantitative estimate of drug-likeness (QED) is 0.0848. The molecule has 1 aromatic heterocycles. The van der Waals surface area contributed by atoms with E-state index in [2.05, 4.69) is 22.0 Å². The van der Waals surface area contributed by atoms with Gasteiger partial charge >= 0.3 is 11.9 Å². The molecular formula is C37H45FN5O7SY-. The van der Waals surface area contributed by atoms with Crippen molar-refractivity contribution >= 4 is 52.6 Å². The van der Waals surface area contributed by atoms with E-state index >= 15 is 4.39 Å². The first-order chi connectivity index (χ1) is 24.5. The molecule has 2 amide bonds. The van der Waals surface area contributed by atoms with E-state index in [-0.39, 0.29) is 68.0 Å². The number of hydrogen-bond donors (Lipinski definition) is 3. The Morgan fingerprint density at radius 1 is 1.15 bits per heavy atom. The largest absolute Gasteiger partial charge is 0.470 e. The third-order valence-electron chi connectivity index (χ3n) is 8.94. The minimum Gasteiger partial charge on any atom is -0.470 e. The van der Waals surface area contributed by atoms with E-state index in [1.165, 1.54) is 30.1 Å². The number of anilines is 1. The second-order valence-electron chi connectivity index (χ2n) is 13.4. The normalized spacial score (nSPS) is 15.4. The molecular weight excluding hydrogens is 766 g/mol. The summed E-state index contributed by atoms with van der Waals surface area (Å²) >= 11 is 1.54. The van der Waals surface area contributed by atoms with Crippen LogP contribution in [0, 0.1) is 24.7 Å². The van der Waals surface area contributed by atoms with E-state index in [0.29, 0.717) is 73.5 Å². The van der Waals surface area contributed by atoms with Gasteiger partial charge < -0.3 is 34.9 Å². The van der Waals surface area contributed by atoms with E-state index in [0.717, 1.165) is 12.8 Å². The number of hydrogen-bond acceptors (Lipinski definition) is 10. The first-order valence-corrected chi connectivity index (χ1v) is 18.6. The summed E-state index contributed by atoms with van der Waals surface area (Å²) in [5, 5.41) is 8.75. The van der Waals surface area contributed by atoms with Gasteiger partial charge in [-0.1, -0.05) is 20.8 Å². The monoisotopic (exact) mass is 811 g/mol. The van der Waals surface area contributed by atoms with E-state index in [4.69, 9.17) is 9.47 Å². The number of fused-ring (bicyclic) bond motifs is 1. The van der Waals surface area contributed by atoms with Gasteiger partial charge in [0.05, 0.1) is 17.8 Å². The van der Waals surface area contributed by atoms with Gasteiger partial charge in [-0.25, -0.2) is 14.0 Å². The molecule has 2 unspecified atom stereocenters. The fourth-order valence-corrected chi connectivity index (χ4v) is 6.59. The third-order valence-corrected chi connectivity index (χ3v) is 9.59. The van der Waals surface area contributed by atoms with Crippen LogP contribution < -0.4 is 31.0 Å². The van der Waals surface area contributed by atoms with Crippen molar-refractivity contribution in [3.63, 3.8) is 0 Å². The van der Waals surface area contributed by atoms with E-state index in [9.17, 15) is 24.0 Å². The van der Waals surface area contributed by atoms with Crippen LogP contribution in [0.5, 0.6) is 5.75 Å². The number of halogens is 1. The number of benzene rings is 2. The number of piperazine rings is 1. The summed E-state index contributed by atoms with van der Waals surface area (Å²) in [5.41, 5.74) is 1.23. The van der Waals surface area contributed by atoms with Crippen molar-refractivity contribution in [1.29, 1.82) is 0 Å². The molecule has 0 spiro atoms. The second-order valence-corrected chi connectivity index (χ2v) is 14.4. The van der Waals surface area contributed by atoms with Crippen LogP contribution in [0.1, 0.15) is 67.1 Å². The SMILES string of the molecule is CSCCC(NC=O)C(=O)NC(CC(C)C)C(=O)Oc1[c-]cc(COC(=O)c2cn(C3CC3)c3cc(F)c(N4CCNCC4)cc3c2=O)cc1C.[Y]. The Morgan fingerprint density at radius 2 is 1.88 bits per heavy atom. The number of esters is 2. The van der Waals surface area contributed by atoms with Gasteiger partial charge in [0, 0.05) is 88.3 Å². The molecule has 52 heavy (non-hydrogen) atoms. The minimum atomic E-state index is -0.956. The minimum absolute atomic E-state index is 0. The van der Waals surface area contributed by atoms with Crippen LogP contribution in [0.4, 0.5) is 10.1 Å². The van der Waals surface area contributed by atoms with Crippen LogP contribution in [0.2, 0.25) is 0 Å². The number of aryl methyl sites for hydroxylation is 1. The summed E-state index contributed by atoms with van der Waals surface area (Å²) < 4.78 is 28.3. The van der Waals surface area contributed by atoms with Crippen LogP contribution in [0.3, 0.4) is 0 Å². The molecule has 2 heterocycles. The van der Waals surface area contributed by atoms with Crippen LogP contribution in [0.25, 0.3) is 10.9 Å². The summed E-state index contributed by atoms with van der Waals surface area (Å²) in [7, 11) is 0. The number of nitrogens with zero attached hydrogens (tertiary/aromatic N) is 2. The maximum atomic E-state index is 15.3. The number of amides is 2. The number of carbonyl (C=O) groups excluding carboxylic acids is 4. The molecule has 1 saturated carbocycles. The average Bonchev–Trinajstić information content (AvgIpc) is 3.95. The molecule has 1 saturated heterocycles. The summed E-state index contributed by atoms with van der Waals surface area (Å²) in [6, 6.07) is 7.40. The number of rotatable bonds is 16. The molecule has 2 atom stereocenters. The molecule has 12 nitrogen and oxygen atoms in total. The van der Waals surface area contributed by atoms with Gasteiger partial charge in [-0.3, -0.25) is 14.4 Å². The van der Waals surface area contributed by atoms with E-state index < -0.39 is 41.2 Å². The van der Waals surface area contributed by atoms with Crippen molar-refractivity contribution in [2.75, 3.05) is 43.1 Å². The zero-order valence-electron chi connectivity index (χ0n) is 30.0. The van der Waals surface area contributed by atoms with Gasteiger partial charge in [0.15, 0.2) is 0 Å². The fraction of sp³-hybridized carbons (Fsp3) is 0.486. The standard InChI is InChI=1S/C37H45FN5O7S.Y/c1-22(2)15-30(41-35(46)29(40-21-44)9-14-51-4)37(48)50-33-8-5-24(16-23(33)3)20-49-36(47)27-19-43(25-6-7-25)31-18-28(38)32(17-26(31)34(27)45)42-12-10-39-11-13-42;/h5,16-19,21-22,25,29-30,39H,6-7,9-15,20H2,1-4H3,(H,40,44)(H,41,46);/q-1;. The molecule has 2 aromatic carbocycles. The average molecular weight is 812 g/mol. The van der Waals surface area contributed by atoms with Gasteiger partial charge in [-0.15, -0.1) is 17.2 Å². The topological polar surface area (TPSA) is 148 Å². The second kappa shape index (κ2) is 19.1. The number of ether oxygens (including phenoxy) is 2. The van der Waals surface area contributed by atoms with Crippen LogP contribution in [-0.2, 0) is 58.4 Å². The van der Waals surface area contributed by atoms with Crippen LogP contribution in [0.15, 0.2) is 35.3 Å². The summed E-state index contributed by atoms with van der Waals surface area (Å²) in [4.78, 5) is 66.2. The Bertz CT molecular complexity index is 1830. The molecule has 5 rings (SSSR count). The van der Waals surface area contributed by atoms with Crippen molar-refractivity contribution in [2.45, 2.75) is 71.2 Å². The van der Waals surface area contributed by atoms with Crippen LogP contribution >= 0.6 is 11.8 Å².